The van der Waals surface area contributed by atoms with Crippen LogP contribution in [-0.2, 0) is 10.0 Å². The van der Waals surface area contributed by atoms with Gasteiger partial charge < -0.3 is 0 Å². The number of sulfonamides is 1. The molecule has 0 atom stereocenters. The second-order valence-electron chi connectivity index (χ2n) is 5.34. The second-order valence-corrected chi connectivity index (χ2v) is 7.30. The van der Waals surface area contributed by atoms with E-state index in [4.69, 9.17) is 0 Å². The van der Waals surface area contributed by atoms with E-state index in [1.165, 1.54) is 0 Å². The van der Waals surface area contributed by atoms with Crippen LogP contribution >= 0.6 is 0 Å². The molecule has 0 heterocycles. The first kappa shape index (κ1) is 15.1. The Bertz CT molecular complexity index is 558. The third kappa shape index (κ3) is 4.10. The van der Waals surface area contributed by atoms with E-state index >= 15 is 0 Å². The number of rotatable bonds is 5. The summed E-state index contributed by atoms with van der Waals surface area (Å²) in [5.74, 6) is 0. The van der Waals surface area contributed by atoms with E-state index in [9.17, 15) is 8.42 Å². The lowest BCUT2D eigenvalue weighted by Crippen LogP contribution is -2.29. The first-order valence-corrected chi connectivity index (χ1v) is 8.94. The zero-order chi connectivity index (χ0) is 14.4. The highest BCUT2D eigenvalue weighted by atomic mass is 32.2. The van der Waals surface area contributed by atoms with E-state index in [2.05, 4.69) is 17.7 Å². The molecule has 0 aliphatic heterocycles. The van der Waals surface area contributed by atoms with Gasteiger partial charge in [0.15, 0.2) is 0 Å². The largest absolute Gasteiger partial charge is 0.283 e. The van der Waals surface area contributed by atoms with Gasteiger partial charge in [0.05, 0.1) is 5.25 Å². The zero-order valence-corrected chi connectivity index (χ0v) is 12.8. The Kier molecular flexibility index (Phi) is 5.24. The fraction of sp³-hybridized carbons (Fsp3) is 0.500. The highest BCUT2D eigenvalue weighted by Crippen LogP contribution is 2.25. The normalized spacial score (nSPS) is 17.4. The van der Waals surface area contributed by atoms with Gasteiger partial charge in [-0.25, -0.2) is 8.42 Å². The minimum absolute atomic E-state index is 0.230. The van der Waals surface area contributed by atoms with Crippen molar-refractivity contribution in [3.05, 3.63) is 35.9 Å². The molecule has 0 unspecified atom stereocenters. The van der Waals surface area contributed by atoms with Crippen molar-refractivity contribution in [3.8, 4) is 0 Å². The molecular weight excluding hydrogens is 270 g/mol. The first-order chi connectivity index (χ1) is 9.62. The van der Waals surface area contributed by atoms with Crippen molar-refractivity contribution in [1.29, 1.82) is 0 Å². The van der Waals surface area contributed by atoms with Crippen molar-refractivity contribution < 1.29 is 8.42 Å². The second kappa shape index (κ2) is 6.93. The average Bonchev–Trinajstić information content (AvgIpc) is 2.46. The molecule has 1 aromatic carbocycles. The molecule has 0 amide bonds. The summed E-state index contributed by atoms with van der Waals surface area (Å²) in [7, 11) is -3.25. The molecule has 4 heteroatoms. The quantitative estimate of drug-likeness (QED) is 0.885. The number of nitrogens with one attached hydrogen (secondary N) is 1. The van der Waals surface area contributed by atoms with Crippen molar-refractivity contribution in [3.63, 3.8) is 0 Å². The topological polar surface area (TPSA) is 46.2 Å². The van der Waals surface area contributed by atoms with Crippen molar-refractivity contribution in [1.82, 2.24) is 0 Å². The lowest BCUT2D eigenvalue weighted by Gasteiger charge is -2.22. The van der Waals surface area contributed by atoms with Gasteiger partial charge in [-0.05, 0) is 37.0 Å². The molecule has 1 fully saturated rings. The van der Waals surface area contributed by atoms with Gasteiger partial charge in [-0.3, -0.25) is 4.72 Å². The van der Waals surface area contributed by atoms with Crippen LogP contribution in [0.2, 0.25) is 0 Å². The van der Waals surface area contributed by atoms with E-state index in [0.29, 0.717) is 5.69 Å². The van der Waals surface area contributed by atoms with Gasteiger partial charge in [-0.1, -0.05) is 50.5 Å². The maximum Gasteiger partial charge on any atom is 0.235 e. The molecule has 2 rings (SSSR count). The van der Waals surface area contributed by atoms with Crippen LogP contribution in [0.5, 0.6) is 0 Å². The van der Waals surface area contributed by atoms with E-state index in [1.54, 1.807) is 0 Å². The number of hydrogen-bond donors (Lipinski definition) is 1. The summed E-state index contributed by atoms with van der Waals surface area (Å²) < 4.78 is 27.4. The molecule has 20 heavy (non-hydrogen) atoms. The highest BCUT2D eigenvalue weighted by molar-refractivity contribution is 7.93. The van der Waals surface area contributed by atoms with Crippen LogP contribution in [0.4, 0.5) is 5.69 Å². The van der Waals surface area contributed by atoms with Gasteiger partial charge in [-0.15, -0.1) is 0 Å². The summed E-state index contributed by atoms with van der Waals surface area (Å²) in [5, 5.41) is -0.230. The number of allylic oxidation sites excluding steroid dienone is 1. The predicted octanol–water partition coefficient (Wildman–Crippen LogP) is 4.18. The number of hydrogen-bond acceptors (Lipinski definition) is 2. The molecule has 1 aliphatic rings. The van der Waals surface area contributed by atoms with Gasteiger partial charge in [0.25, 0.3) is 0 Å². The Balaban J connectivity index is 2.10. The first-order valence-electron chi connectivity index (χ1n) is 7.40. The van der Waals surface area contributed by atoms with Crippen LogP contribution < -0.4 is 4.72 Å². The third-order valence-electron chi connectivity index (χ3n) is 3.68. The van der Waals surface area contributed by atoms with Gasteiger partial charge in [-0.2, -0.15) is 0 Å². The van der Waals surface area contributed by atoms with Crippen LogP contribution in [0.1, 0.15) is 51.0 Å². The maximum absolute atomic E-state index is 12.4. The molecule has 0 radical (unpaired) electrons. The van der Waals surface area contributed by atoms with E-state index in [1.807, 2.05) is 30.3 Å². The lowest BCUT2D eigenvalue weighted by molar-refractivity contribution is 0.486. The number of anilines is 1. The molecule has 0 spiro atoms. The minimum Gasteiger partial charge on any atom is -0.283 e. The molecule has 1 saturated carbocycles. The van der Waals surface area contributed by atoms with Crippen LogP contribution in [0.3, 0.4) is 0 Å². The van der Waals surface area contributed by atoms with Crippen molar-refractivity contribution in [2.75, 3.05) is 4.72 Å². The fourth-order valence-corrected chi connectivity index (χ4v) is 4.16. The van der Waals surface area contributed by atoms with E-state index in [-0.39, 0.29) is 5.25 Å². The zero-order valence-electron chi connectivity index (χ0n) is 12.0. The summed E-state index contributed by atoms with van der Waals surface area (Å²) in [4.78, 5) is 0. The maximum atomic E-state index is 12.4. The Labute approximate surface area is 122 Å². The van der Waals surface area contributed by atoms with Gasteiger partial charge >= 0.3 is 0 Å². The van der Waals surface area contributed by atoms with E-state index < -0.39 is 10.0 Å². The molecule has 1 N–H and O–H groups in total. The molecular formula is C16H23NO2S. The van der Waals surface area contributed by atoms with E-state index in [0.717, 1.165) is 44.1 Å². The smallest absolute Gasteiger partial charge is 0.235 e. The predicted molar refractivity (Wildman–Crippen MR) is 85.2 cm³/mol. The van der Waals surface area contributed by atoms with Crippen LogP contribution in [0, 0.1) is 0 Å². The Hall–Kier alpha value is -1.29. The lowest BCUT2D eigenvalue weighted by atomic mass is 10.0. The molecule has 110 valence electrons. The van der Waals surface area contributed by atoms with Crippen LogP contribution in [0.25, 0.3) is 6.08 Å². The monoisotopic (exact) mass is 293 g/mol. The molecule has 0 saturated heterocycles. The fourth-order valence-electron chi connectivity index (χ4n) is 2.58. The van der Waals surface area contributed by atoms with Crippen LogP contribution in [-0.4, -0.2) is 13.7 Å². The Morgan fingerprint density at radius 2 is 2.00 bits per heavy atom. The molecule has 0 bridgehead atoms. The third-order valence-corrected chi connectivity index (χ3v) is 5.55. The summed E-state index contributed by atoms with van der Waals surface area (Å²) in [5.41, 5.74) is 1.68. The standard InChI is InChI=1S/C16H23NO2S/c1-2-3-8-14-9-7-10-15(13-14)17-20(18,19)16-11-5-4-6-12-16/h3,7-10,13,16-17H,2,4-6,11-12H2,1H3/b8-3+. The van der Waals surface area contributed by atoms with Crippen molar-refractivity contribution in [2.24, 2.45) is 0 Å². The summed E-state index contributed by atoms with van der Waals surface area (Å²) in [6.07, 6.45) is 9.81. The molecule has 1 aromatic rings. The summed E-state index contributed by atoms with van der Waals surface area (Å²) in [6.45, 7) is 2.08. The molecule has 0 aromatic heterocycles. The van der Waals surface area contributed by atoms with Gasteiger partial charge in [0, 0.05) is 5.69 Å². The molecule has 3 nitrogen and oxygen atoms in total. The Morgan fingerprint density at radius 1 is 1.25 bits per heavy atom. The summed E-state index contributed by atoms with van der Waals surface area (Å²) >= 11 is 0. The van der Waals surface area contributed by atoms with Crippen molar-refractivity contribution >= 4 is 21.8 Å². The SMILES string of the molecule is CC/C=C/c1cccc(NS(=O)(=O)C2CCCCC2)c1. The van der Waals surface area contributed by atoms with Crippen LogP contribution in [0.15, 0.2) is 30.3 Å². The molecule has 1 aliphatic carbocycles. The van der Waals surface area contributed by atoms with Gasteiger partial charge in [0.1, 0.15) is 0 Å². The highest BCUT2D eigenvalue weighted by Gasteiger charge is 2.27. The summed E-state index contributed by atoms with van der Waals surface area (Å²) in [6, 6.07) is 7.55. The van der Waals surface area contributed by atoms with Crippen molar-refractivity contribution in [2.45, 2.75) is 50.7 Å². The van der Waals surface area contributed by atoms with Gasteiger partial charge in [0.2, 0.25) is 10.0 Å². The number of benzene rings is 1. The minimum atomic E-state index is -3.25. The Morgan fingerprint density at radius 3 is 2.70 bits per heavy atom. The average molecular weight is 293 g/mol.